The molecule has 10 nitrogen and oxygen atoms in total. The predicted octanol–water partition coefficient (Wildman–Crippen LogP) is 5.83. The molecule has 2 aliphatic rings. The summed E-state index contributed by atoms with van der Waals surface area (Å²) >= 11 is 0. The zero-order valence-electron chi connectivity index (χ0n) is 23.5. The van der Waals surface area contributed by atoms with Gasteiger partial charge < -0.3 is 19.0 Å². The fourth-order valence-electron chi connectivity index (χ4n) is 5.97. The summed E-state index contributed by atoms with van der Waals surface area (Å²) in [5, 5.41) is 5.75. The third-order valence-corrected chi connectivity index (χ3v) is 8.07. The molecule has 0 aliphatic carbocycles. The van der Waals surface area contributed by atoms with Gasteiger partial charge >= 0.3 is 6.03 Å². The van der Waals surface area contributed by atoms with E-state index in [1.54, 1.807) is 42.5 Å². The molecule has 2 N–H and O–H groups in total. The topological polar surface area (TPSA) is 119 Å². The zero-order valence-corrected chi connectivity index (χ0v) is 23.5. The molecule has 45 heavy (non-hydrogen) atoms. The number of carbonyl (C=O) groups excluding carboxylic acids is 3. The first-order valence-electron chi connectivity index (χ1n) is 13.9. The molecule has 12 heteroatoms. The Hall–Kier alpha value is -6.04. The number of fused-ring (bicyclic) bond motifs is 6. The first kappa shape index (κ1) is 26.6. The summed E-state index contributed by atoms with van der Waals surface area (Å²) in [5.41, 5.74) is 3.80. The number of hydrogen-bond donors (Lipinski definition) is 2. The molecule has 0 unspecified atom stereocenters. The van der Waals surface area contributed by atoms with Gasteiger partial charge in [0, 0.05) is 35.0 Å². The number of imide groups is 1. The second-order valence-electron chi connectivity index (χ2n) is 10.6. The summed E-state index contributed by atoms with van der Waals surface area (Å²) in [5.74, 6) is -1.06. The summed E-state index contributed by atoms with van der Waals surface area (Å²) < 4.78 is 42.4. The molecular weight excluding hydrogens is 584 g/mol. The van der Waals surface area contributed by atoms with Crippen molar-refractivity contribution in [1.29, 1.82) is 0 Å². The van der Waals surface area contributed by atoms with E-state index in [1.807, 2.05) is 4.57 Å². The molecule has 222 valence electrons. The lowest BCUT2D eigenvalue weighted by Gasteiger charge is -2.22. The molecule has 2 aliphatic heterocycles. The van der Waals surface area contributed by atoms with Crippen LogP contribution in [0.1, 0.15) is 10.4 Å². The molecule has 0 atom stereocenters. The molecule has 0 saturated carbocycles. The highest BCUT2D eigenvalue weighted by Gasteiger charge is 2.33. The van der Waals surface area contributed by atoms with Crippen LogP contribution in [0.3, 0.4) is 0 Å². The van der Waals surface area contributed by atoms with Crippen LogP contribution in [0.4, 0.5) is 19.3 Å². The Labute approximate surface area is 252 Å². The van der Waals surface area contributed by atoms with Crippen LogP contribution in [0, 0.1) is 11.6 Å². The first-order chi connectivity index (χ1) is 21.8. The van der Waals surface area contributed by atoms with Gasteiger partial charge in [-0.1, -0.05) is 6.07 Å². The maximum absolute atomic E-state index is 14.7. The summed E-state index contributed by atoms with van der Waals surface area (Å²) in [6.07, 6.45) is 0. The third kappa shape index (κ3) is 4.06. The molecule has 1 saturated heterocycles. The van der Waals surface area contributed by atoms with E-state index in [1.165, 1.54) is 42.3 Å². The van der Waals surface area contributed by atoms with Gasteiger partial charge in [0.15, 0.2) is 6.73 Å². The smallest absolute Gasteiger partial charge is 0.329 e. The maximum atomic E-state index is 14.7. The lowest BCUT2D eigenvalue weighted by Crippen LogP contribution is -2.28. The van der Waals surface area contributed by atoms with Crippen LogP contribution in [0.25, 0.3) is 55.8 Å². The summed E-state index contributed by atoms with van der Waals surface area (Å²) in [6.45, 7) is -0.0764. The van der Waals surface area contributed by atoms with Gasteiger partial charge in [-0.25, -0.2) is 18.6 Å². The lowest BCUT2D eigenvalue weighted by atomic mass is 10.00. The molecule has 6 aromatic rings. The second-order valence-corrected chi connectivity index (χ2v) is 10.6. The summed E-state index contributed by atoms with van der Waals surface area (Å²) in [6, 6.07) is 18.1. The highest BCUT2D eigenvalue weighted by Crippen LogP contribution is 2.44. The van der Waals surface area contributed by atoms with Gasteiger partial charge in [-0.3, -0.25) is 19.8 Å². The number of nitrogens with zero attached hydrogens (tertiary/aromatic N) is 3. The van der Waals surface area contributed by atoms with Crippen molar-refractivity contribution in [2.45, 2.75) is 6.73 Å². The maximum Gasteiger partial charge on any atom is 0.329 e. The number of anilines is 1. The Balaban J connectivity index is 1.38. The van der Waals surface area contributed by atoms with E-state index in [2.05, 4.69) is 10.6 Å². The average Bonchev–Trinajstić information content (AvgIpc) is 3.72. The van der Waals surface area contributed by atoms with E-state index in [9.17, 15) is 23.2 Å². The monoisotopic (exact) mass is 605 g/mol. The highest BCUT2D eigenvalue weighted by atomic mass is 19.1. The van der Waals surface area contributed by atoms with E-state index in [0.717, 1.165) is 0 Å². The molecule has 3 aromatic carbocycles. The van der Waals surface area contributed by atoms with Gasteiger partial charge in [-0.2, -0.15) is 0 Å². The SMILES string of the molecule is CNC(=O)c1c(-c2ccc(F)cc2)oc2cc(N3CC(=O)NC3=O)c(-c3ccc4c(n3)-c3cc5c(F)cccc5n3CO4)cc12. The summed E-state index contributed by atoms with van der Waals surface area (Å²) in [7, 11) is 1.48. The van der Waals surface area contributed by atoms with E-state index >= 15 is 0 Å². The number of furan rings is 1. The number of urea groups is 1. The molecule has 0 bridgehead atoms. The Morgan fingerprint density at radius 2 is 1.82 bits per heavy atom. The number of ether oxygens (including phenoxy) is 1. The second kappa shape index (κ2) is 9.74. The Kier molecular flexibility index (Phi) is 5.75. The number of halogens is 2. The number of rotatable bonds is 4. The molecule has 4 amide bonds. The Morgan fingerprint density at radius 1 is 1.00 bits per heavy atom. The summed E-state index contributed by atoms with van der Waals surface area (Å²) in [4.78, 5) is 44.6. The zero-order chi connectivity index (χ0) is 31.0. The fourth-order valence-corrected chi connectivity index (χ4v) is 5.97. The average molecular weight is 606 g/mol. The first-order valence-corrected chi connectivity index (χ1v) is 13.9. The van der Waals surface area contributed by atoms with Crippen LogP contribution in [-0.2, 0) is 11.5 Å². The van der Waals surface area contributed by atoms with Crippen LogP contribution in [0.15, 0.2) is 77.2 Å². The third-order valence-electron chi connectivity index (χ3n) is 8.07. The van der Waals surface area contributed by atoms with Crippen molar-refractivity contribution in [3.63, 3.8) is 0 Å². The van der Waals surface area contributed by atoms with Gasteiger partial charge in [0.2, 0.25) is 5.91 Å². The number of pyridine rings is 1. The Bertz CT molecular complexity index is 2260. The van der Waals surface area contributed by atoms with Crippen LogP contribution in [-0.4, -0.2) is 41.0 Å². The number of aromatic nitrogens is 2. The molecule has 8 rings (SSSR count). The molecular formula is C33H21F2N5O5. The van der Waals surface area contributed by atoms with Crippen molar-refractivity contribution < 1.29 is 32.3 Å². The van der Waals surface area contributed by atoms with Crippen molar-refractivity contribution in [1.82, 2.24) is 20.2 Å². The van der Waals surface area contributed by atoms with E-state index in [0.29, 0.717) is 55.9 Å². The minimum Gasteiger partial charge on any atom is -0.470 e. The lowest BCUT2D eigenvalue weighted by molar-refractivity contribution is -0.117. The standard InChI is InChI=1S/C33H21F2N5O5/c1-36-32(42)29-20-11-19(22-9-10-26-30(37-22)25-12-18-21(35)3-2-4-23(18)40(25)15-44-26)24(39-14-28(41)38-33(39)43)13-27(20)45-31(29)16-5-7-17(34)8-6-16/h2-13H,14-15H2,1H3,(H,36,42)(H,38,41,43). The van der Waals surface area contributed by atoms with Crippen molar-refractivity contribution >= 4 is 45.4 Å². The predicted molar refractivity (Wildman–Crippen MR) is 161 cm³/mol. The molecule has 0 radical (unpaired) electrons. The van der Waals surface area contributed by atoms with Gasteiger partial charge in [-0.05, 0) is 60.7 Å². The minimum atomic E-state index is -0.630. The van der Waals surface area contributed by atoms with Gasteiger partial charge in [-0.15, -0.1) is 0 Å². The molecule has 1 fully saturated rings. The number of hydrogen-bond acceptors (Lipinski definition) is 6. The van der Waals surface area contributed by atoms with E-state index in [-0.39, 0.29) is 36.0 Å². The van der Waals surface area contributed by atoms with Crippen molar-refractivity contribution in [2.24, 2.45) is 0 Å². The molecule has 5 heterocycles. The van der Waals surface area contributed by atoms with Crippen LogP contribution in [0.5, 0.6) is 5.75 Å². The van der Waals surface area contributed by atoms with E-state index < -0.39 is 23.7 Å². The largest absolute Gasteiger partial charge is 0.470 e. The number of nitrogens with one attached hydrogen (secondary N) is 2. The van der Waals surface area contributed by atoms with Crippen LogP contribution in [0.2, 0.25) is 0 Å². The van der Waals surface area contributed by atoms with E-state index in [4.69, 9.17) is 14.1 Å². The molecule has 0 spiro atoms. The van der Waals surface area contributed by atoms with Crippen molar-refractivity contribution in [2.75, 3.05) is 18.5 Å². The van der Waals surface area contributed by atoms with Crippen molar-refractivity contribution in [3.8, 4) is 39.7 Å². The number of carbonyl (C=O) groups is 3. The van der Waals surface area contributed by atoms with Crippen LogP contribution >= 0.6 is 0 Å². The minimum absolute atomic E-state index is 0.167. The van der Waals surface area contributed by atoms with Gasteiger partial charge in [0.1, 0.15) is 41.0 Å². The number of benzene rings is 3. The normalized spacial score (nSPS) is 14.0. The van der Waals surface area contributed by atoms with Gasteiger partial charge in [0.05, 0.1) is 28.2 Å². The molecule has 3 aromatic heterocycles. The van der Waals surface area contributed by atoms with Gasteiger partial charge in [0.25, 0.3) is 5.91 Å². The van der Waals surface area contributed by atoms with Crippen LogP contribution < -0.4 is 20.3 Å². The fraction of sp³-hybridized carbons (Fsp3) is 0.0909. The van der Waals surface area contributed by atoms with Crippen molar-refractivity contribution in [3.05, 3.63) is 90.0 Å². The Morgan fingerprint density at radius 3 is 2.58 bits per heavy atom. The quantitative estimate of drug-likeness (QED) is 0.244. The number of amides is 4. The highest BCUT2D eigenvalue weighted by molar-refractivity contribution is 6.17.